The van der Waals surface area contributed by atoms with Gasteiger partial charge < -0.3 is 15.8 Å². The molecule has 0 bridgehead atoms. The van der Waals surface area contributed by atoms with Crippen LogP contribution in [0.3, 0.4) is 0 Å². The fourth-order valence-electron chi connectivity index (χ4n) is 1.61. The molecule has 0 saturated carbocycles. The number of hydrogen-bond acceptors (Lipinski definition) is 3. The zero-order chi connectivity index (χ0) is 14.3. The molecule has 0 atom stereocenters. The number of hydrogen-bond donors (Lipinski definition) is 2. The Kier molecular flexibility index (Phi) is 5.99. The third-order valence-corrected chi connectivity index (χ3v) is 2.53. The van der Waals surface area contributed by atoms with Gasteiger partial charge in [0.15, 0.2) is 0 Å². The molecule has 1 rings (SSSR count). The van der Waals surface area contributed by atoms with Crippen LogP contribution in [0.5, 0.6) is 0 Å². The van der Waals surface area contributed by atoms with Gasteiger partial charge in [-0.25, -0.2) is 0 Å². The van der Waals surface area contributed by atoms with Crippen molar-refractivity contribution in [3.8, 4) is 0 Å². The van der Waals surface area contributed by atoms with E-state index in [2.05, 4.69) is 5.32 Å². The Hall–Kier alpha value is -1.39. The Morgan fingerprint density at radius 3 is 2.74 bits per heavy atom. The van der Waals surface area contributed by atoms with Crippen molar-refractivity contribution < 1.29 is 9.53 Å². The van der Waals surface area contributed by atoms with Gasteiger partial charge in [0.2, 0.25) is 5.91 Å². The minimum absolute atomic E-state index is 0.00619. The first-order valence-corrected chi connectivity index (χ1v) is 6.63. The lowest BCUT2D eigenvalue weighted by atomic mass is 10.2. The highest BCUT2D eigenvalue weighted by Crippen LogP contribution is 2.11. The van der Waals surface area contributed by atoms with E-state index >= 15 is 0 Å². The van der Waals surface area contributed by atoms with Crippen LogP contribution >= 0.6 is 0 Å². The molecule has 0 aliphatic carbocycles. The second kappa shape index (κ2) is 7.26. The molecule has 1 aromatic rings. The predicted octanol–water partition coefficient (Wildman–Crippen LogP) is 2.68. The third kappa shape index (κ3) is 6.94. The zero-order valence-electron chi connectivity index (χ0n) is 12.0. The van der Waals surface area contributed by atoms with Crippen molar-refractivity contribution >= 4 is 11.6 Å². The summed E-state index contributed by atoms with van der Waals surface area (Å²) in [6, 6.07) is 7.58. The Morgan fingerprint density at radius 1 is 1.37 bits per heavy atom. The van der Waals surface area contributed by atoms with E-state index in [1.165, 1.54) is 0 Å². The monoisotopic (exact) mass is 264 g/mol. The number of nitrogens with two attached hydrogens (primary N) is 1. The van der Waals surface area contributed by atoms with Crippen molar-refractivity contribution in [3.63, 3.8) is 0 Å². The first-order valence-electron chi connectivity index (χ1n) is 6.63. The van der Waals surface area contributed by atoms with E-state index in [0.717, 1.165) is 17.7 Å². The first kappa shape index (κ1) is 15.7. The Labute approximate surface area is 115 Å². The van der Waals surface area contributed by atoms with Crippen LogP contribution in [0.15, 0.2) is 24.3 Å². The number of amides is 1. The molecule has 0 aliphatic heterocycles. The molecule has 0 saturated heterocycles. The molecule has 106 valence electrons. The first-order chi connectivity index (χ1) is 8.90. The molecule has 0 aliphatic rings. The lowest BCUT2D eigenvalue weighted by Crippen LogP contribution is -2.20. The standard InChI is InChI=1S/C15H24N2O2/c1-15(2,3)19-9-5-8-14(18)17-13-7-4-6-12(10-13)11-16/h4,6-7,10H,5,8-9,11,16H2,1-3H3,(H,17,18). The second-order valence-corrected chi connectivity index (χ2v) is 5.52. The molecular weight excluding hydrogens is 240 g/mol. The molecule has 19 heavy (non-hydrogen) atoms. The van der Waals surface area contributed by atoms with E-state index < -0.39 is 0 Å². The summed E-state index contributed by atoms with van der Waals surface area (Å²) in [6.07, 6.45) is 1.18. The van der Waals surface area contributed by atoms with Crippen molar-refractivity contribution in [2.24, 2.45) is 5.73 Å². The molecule has 0 unspecified atom stereocenters. The molecule has 0 fully saturated rings. The molecule has 0 aromatic heterocycles. The summed E-state index contributed by atoms with van der Waals surface area (Å²) in [7, 11) is 0. The largest absolute Gasteiger partial charge is 0.376 e. The van der Waals surface area contributed by atoms with E-state index in [-0.39, 0.29) is 11.5 Å². The lowest BCUT2D eigenvalue weighted by Gasteiger charge is -2.19. The maximum absolute atomic E-state index is 11.7. The maximum Gasteiger partial charge on any atom is 0.224 e. The van der Waals surface area contributed by atoms with Crippen LogP contribution in [0.2, 0.25) is 0 Å². The van der Waals surface area contributed by atoms with Crippen LogP contribution in [0, 0.1) is 0 Å². The molecule has 4 nitrogen and oxygen atoms in total. The van der Waals surface area contributed by atoms with Crippen molar-refractivity contribution in [2.75, 3.05) is 11.9 Å². The van der Waals surface area contributed by atoms with Crippen molar-refractivity contribution in [3.05, 3.63) is 29.8 Å². The number of anilines is 1. The number of rotatable bonds is 6. The number of carbonyl (C=O) groups excluding carboxylic acids is 1. The van der Waals surface area contributed by atoms with E-state index in [1.807, 2.05) is 45.0 Å². The number of nitrogens with one attached hydrogen (secondary N) is 1. The van der Waals surface area contributed by atoms with Gasteiger partial charge in [0.1, 0.15) is 0 Å². The van der Waals surface area contributed by atoms with Gasteiger partial charge in [0.25, 0.3) is 0 Å². The summed E-state index contributed by atoms with van der Waals surface area (Å²) in [5.74, 6) is 0.00619. The molecule has 4 heteroatoms. The van der Waals surface area contributed by atoms with Gasteiger partial charge in [-0.3, -0.25) is 4.79 Å². The molecule has 0 spiro atoms. The van der Waals surface area contributed by atoms with E-state index in [0.29, 0.717) is 19.6 Å². The quantitative estimate of drug-likeness (QED) is 0.776. The topological polar surface area (TPSA) is 64.3 Å². The van der Waals surface area contributed by atoms with Crippen LogP contribution in [-0.2, 0) is 16.1 Å². The summed E-state index contributed by atoms with van der Waals surface area (Å²) in [6.45, 7) is 7.09. The van der Waals surface area contributed by atoms with Gasteiger partial charge in [-0.1, -0.05) is 12.1 Å². The highest BCUT2D eigenvalue weighted by molar-refractivity contribution is 5.90. The van der Waals surface area contributed by atoms with Gasteiger partial charge in [0.05, 0.1) is 5.60 Å². The van der Waals surface area contributed by atoms with Gasteiger partial charge in [-0.2, -0.15) is 0 Å². The van der Waals surface area contributed by atoms with Crippen LogP contribution in [0.4, 0.5) is 5.69 Å². The highest BCUT2D eigenvalue weighted by atomic mass is 16.5. The van der Waals surface area contributed by atoms with Crippen molar-refractivity contribution in [2.45, 2.75) is 45.8 Å². The normalized spacial score (nSPS) is 11.4. The van der Waals surface area contributed by atoms with E-state index in [1.54, 1.807) is 0 Å². The average Bonchev–Trinajstić information content (AvgIpc) is 2.34. The smallest absolute Gasteiger partial charge is 0.224 e. The van der Waals surface area contributed by atoms with E-state index in [4.69, 9.17) is 10.5 Å². The Morgan fingerprint density at radius 2 is 2.11 bits per heavy atom. The maximum atomic E-state index is 11.7. The van der Waals surface area contributed by atoms with Crippen LogP contribution in [0.1, 0.15) is 39.2 Å². The minimum atomic E-state index is -0.147. The van der Waals surface area contributed by atoms with Gasteiger partial charge in [-0.05, 0) is 44.9 Å². The van der Waals surface area contributed by atoms with Crippen molar-refractivity contribution in [1.82, 2.24) is 0 Å². The van der Waals surface area contributed by atoms with Gasteiger partial charge >= 0.3 is 0 Å². The van der Waals surface area contributed by atoms with E-state index in [9.17, 15) is 4.79 Å². The molecule has 0 radical (unpaired) electrons. The number of carbonyl (C=O) groups is 1. The summed E-state index contributed by atoms with van der Waals surface area (Å²) >= 11 is 0. The molecule has 1 aromatic carbocycles. The zero-order valence-corrected chi connectivity index (χ0v) is 12.0. The lowest BCUT2D eigenvalue weighted by molar-refractivity contribution is -0.116. The molecular formula is C15H24N2O2. The fraction of sp³-hybridized carbons (Fsp3) is 0.533. The minimum Gasteiger partial charge on any atom is -0.376 e. The van der Waals surface area contributed by atoms with Crippen LogP contribution in [0.25, 0.3) is 0 Å². The number of benzene rings is 1. The number of ether oxygens (including phenoxy) is 1. The fourth-order valence-corrected chi connectivity index (χ4v) is 1.61. The summed E-state index contributed by atoms with van der Waals surface area (Å²) in [4.78, 5) is 11.7. The van der Waals surface area contributed by atoms with Crippen LogP contribution < -0.4 is 11.1 Å². The van der Waals surface area contributed by atoms with Gasteiger partial charge in [0, 0.05) is 25.3 Å². The summed E-state index contributed by atoms with van der Waals surface area (Å²) in [5, 5.41) is 2.86. The molecule has 3 N–H and O–H groups in total. The predicted molar refractivity (Wildman–Crippen MR) is 77.9 cm³/mol. The highest BCUT2D eigenvalue weighted by Gasteiger charge is 2.10. The summed E-state index contributed by atoms with van der Waals surface area (Å²) < 4.78 is 5.57. The second-order valence-electron chi connectivity index (χ2n) is 5.52. The average molecular weight is 264 g/mol. The molecule has 1 amide bonds. The third-order valence-electron chi connectivity index (χ3n) is 2.53. The molecule has 0 heterocycles. The van der Waals surface area contributed by atoms with Crippen molar-refractivity contribution in [1.29, 1.82) is 0 Å². The SMILES string of the molecule is CC(C)(C)OCCCC(=O)Nc1cccc(CN)c1. The van der Waals surface area contributed by atoms with Gasteiger partial charge in [-0.15, -0.1) is 0 Å². The summed E-state index contributed by atoms with van der Waals surface area (Å²) in [5.41, 5.74) is 7.22. The van der Waals surface area contributed by atoms with Crippen LogP contribution in [-0.4, -0.2) is 18.1 Å². The Balaban J connectivity index is 2.31. The Bertz CT molecular complexity index is 411.